The number of ether oxygens (including phenoxy) is 2. The molecule has 0 fully saturated rings. The van der Waals surface area contributed by atoms with Crippen LogP contribution in [0, 0.1) is 12.7 Å². The van der Waals surface area contributed by atoms with E-state index in [-0.39, 0.29) is 18.3 Å². The molecule has 2 atom stereocenters. The maximum Gasteiger partial charge on any atom is 0.232 e. The maximum atomic E-state index is 14.7. The van der Waals surface area contributed by atoms with Crippen LogP contribution in [0.25, 0.3) is 31.8 Å². The largest absolute Gasteiger partial charge is 0.484 e. The summed E-state index contributed by atoms with van der Waals surface area (Å²) >= 11 is 1.48. The predicted molar refractivity (Wildman–Crippen MR) is 114 cm³/mol. The van der Waals surface area contributed by atoms with Crippen molar-refractivity contribution in [2.24, 2.45) is 0 Å². The minimum Gasteiger partial charge on any atom is -0.484 e. The van der Waals surface area contributed by atoms with E-state index in [2.05, 4.69) is 9.97 Å². The second-order valence-corrected chi connectivity index (χ2v) is 8.42. The third-order valence-electron chi connectivity index (χ3n) is 5.38. The minimum absolute atomic E-state index is 0.126. The molecule has 0 bridgehead atoms. The van der Waals surface area contributed by atoms with Crippen LogP contribution >= 0.6 is 11.3 Å². The lowest BCUT2D eigenvalue weighted by Gasteiger charge is -2.10. The van der Waals surface area contributed by atoms with Gasteiger partial charge in [0.25, 0.3) is 0 Å². The molecule has 8 heteroatoms. The summed E-state index contributed by atoms with van der Waals surface area (Å²) in [7, 11) is 0. The quantitative estimate of drug-likeness (QED) is 0.515. The van der Waals surface area contributed by atoms with Gasteiger partial charge < -0.3 is 14.6 Å². The highest BCUT2D eigenvalue weighted by Crippen LogP contribution is 2.47. The Hall–Kier alpha value is -2.84. The molecule has 154 valence electrons. The van der Waals surface area contributed by atoms with Crippen molar-refractivity contribution < 1.29 is 19.0 Å². The van der Waals surface area contributed by atoms with Gasteiger partial charge in [0.05, 0.1) is 40.7 Å². The Labute approximate surface area is 176 Å². The second-order valence-electron chi connectivity index (χ2n) is 7.42. The lowest BCUT2D eigenvalue weighted by atomic mass is 9.97. The molecule has 2 aromatic carbocycles. The molecule has 0 unspecified atom stereocenters. The van der Waals surface area contributed by atoms with Crippen LogP contribution in [0.2, 0.25) is 0 Å². The zero-order valence-corrected chi connectivity index (χ0v) is 17.6. The highest BCUT2D eigenvalue weighted by Gasteiger charge is 2.36. The lowest BCUT2D eigenvalue weighted by molar-refractivity contribution is 0.117. The normalized spacial score (nSPS) is 18.0. The monoisotopic (exact) mass is 425 g/mol. The van der Waals surface area contributed by atoms with Crippen LogP contribution in [0.1, 0.15) is 30.9 Å². The van der Waals surface area contributed by atoms with Crippen LogP contribution in [0.3, 0.4) is 0 Å². The third-order valence-corrected chi connectivity index (χ3v) is 6.51. The van der Waals surface area contributed by atoms with Gasteiger partial charge in [0.15, 0.2) is 11.6 Å². The van der Waals surface area contributed by atoms with Crippen LogP contribution in [0.15, 0.2) is 24.4 Å². The van der Waals surface area contributed by atoms with Crippen LogP contribution in [0.4, 0.5) is 4.39 Å². The molecule has 5 rings (SSSR count). The average molecular weight is 425 g/mol. The lowest BCUT2D eigenvalue weighted by Crippen LogP contribution is -2.21. The molecule has 0 saturated heterocycles. The van der Waals surface area contributed by atoms with Gasteiger partial charge in [0, 0.05) is 23.1 Å². The van der Waals surface area contributed by atoms with E-state index in [0.717, 1.165) is 37.4 Å². The van der Waals surface area contributed by atoms with Gasteiger partial charge >= 0.3 is 0 Å². The molecule has 4 aromatic rings. The predicted octanol–water partition coefficient (Wildman–Crippen LogP) is 4.61. The van der Waals surface area contributed by atoms with Crippen molar-refractivity contribution in [2.75, 3.05) is 13.2 Å². The number of benzene rings is 2. The van der Waals surface area contributed by atoms with Gasteiger partial charge in [-0.25, -0.2) is 19.3 Å². The number of halogens is 1. The smallest absolute Gasteiger partial charge is 0.232 e. The summed E-state index contributed by atoms with van der Waals surface area (Å²) in [5.41, 5.74) is 4.67. The summed E-state index contributed by atoms with van der Waals surface area (Å²) < 4.78 is 26.7. The number of aliphatic hydroxyl groups is 1. The number of thiazole rings is 1. The Morgan fingerprint density at radius 2 is 2.07 bits per heavy atom. The molecule has 0 aliphatic carbocycles. The first-order valence-corrected chi connectivity index (χ1v) is 10.6. The van der Waals surface area contributed by atoms with E-state index < -0.39 is 11.9 Å². The number of aryl methyl sites for hydroxylation is 1. The summed E-state index contributed by atoms with van der Waals surface area (Å²) in [6.45, 7) is 6.18. The molecular formula is C22H20FN3O3S. The molecule has 30 heavy (non-hydrogen) atoms. The van der Waals surface area contributed by atoms with Crippen LogP contribution in [0.5, 0.6) is 11.6 Å². The molecule has 1 aliphatic rings. The number of nitrogens with zero attached hydrogens (tertiary/aromatic N) is 3. The molecule has 3 heterocycles. The standard InChI is InChI=1S/C22H20FN3O3S/c1-4-28-17-8-24-19-12(5-10(2)6-14(19)25-17)22-26-15-7-13(23)20-18(21(15)30-22)11(3)16(9-27)29-20/h5-8,11,16,27H,4,9H2,1-3H3/t11-,16-/m1/s1. The van der Waals surface area contributed by atoms with E-state index in [1.807, 2.05) is 32.9 Å². The fourth-order valence-electron chi connectivity index (χ4n) is 3.95. The van der Waals surface area contributed by atoms with Crippen LogP contribution < -0.4 is 9.47 Å². The molecule has 0 spiro atoms. The van der Waals surface area contributed by atoms with Crippen molar-refractivity contribution in [1.29, 1.82) is 0 Å². The summed E-state index contributed by atoms with van der Waals surface area (Å²) in [6, 6.07) is 5.38. The number of fused-ring (bicyclic) bond motifs is 4. The van der Waals surface area contributed by atoms with E-state index in [9.17, 15) is 9.50 Å². The molecule has 0 saturated carbocycles. The van der Waals surface area contributed by atoms with Gasteiger partial charge in [-0.15, -0.1) is 11.3 Å². The van der Waals surface area contributed by atoms with Gasteiger partial charge in [0.1, 0.15) is 11.1 Å². The molecule has 2 aromatic heterocycles. The summed E-state index contributed by atoms with van der Waals surface area (Å²) in [5.74, 6) is 0.123. The van der Waals surface area contributed by atoms with Gasteiger partial charge in [0.2, 0.25) is 5.88 Å². The van der Waals surface area contributed by atoms with E-state index in [4.69, 9.17) is 14.5 Å². The Bertz CT molecular complexity index is 1290. The second kappa shape index (κ2) is 7.14. The molecule has 1 N–H and O–H groups in total. The SMILES string of the molecule is CCOc1cnc2c(-c3nc4cc(F)c5c(c4s3)[C@H](C)[C@@H](CO)O5)cc(C)cc2n1. The summed E-state index contributed by atoms with van der Waals surface area (Å²) in [6.07, 6.45) is 1.16. The number of aromatic nitrogens is 3. The molecule has 0 radical (unpaired) electrons. The number of rotatable bonds is 4. The van der Waals surface area contributed by atoms with Gasteiger partial charge in [-0.05, 0) is 31.5 Å². The van der Waals surface area contributed by atoms with Crippen LogP contribution in [-0.4, -0.2) is 39.4 Å². The Morgan fingerprint density at radius 1 is 1.23 bits per heavy atom. The Morgan fingerprint density at radius 3 is 2.83 bits per heavy atom. The first-order valence-electron chi connectivity index (χ1n) is 9.81. The van der Waals surface area contributed by atoms with E-state index in [1.54, 1.807) is 6.20 Å². The third kappa shape index (κ3) is 2.90. The van der Waals surface area contributed by atoms with Crippen molar-refractivity contribution >= 4 is 32.6 Å². The number of aliphatic hydroxyl groups excluding tert-OH is 1. The Balaban J connectivity index is 1.71. The van der Waals surface area contributed by atoms with Gasteiger partial charge in [-0.3, -0.25) is 0 Å². The Kier molecular flexibility index (Phi) is 4.56. The van der Waals surface area contributed by atoms with Gasteiger partial charge in [-0.2, -0.15) is 0 Å². The van der Waals surface area contributed by atoms with Crippen molar-refractivity contribution in [1.82, 2.24) is 15.0 Å². The van der Waals surface area contributed by atoms with Crippen LogP contribution in [-0.2, 0) is 0 Å². The topological polar surface area (TPSA) is 77.4 Å². The number of hydrogen-bond donors (Lipinski definition) is 1. The van der Waals surface area contributed by atoms with E-state index in [1.165, 1.54) is 17.4 Å². The van der Waals surface area contributed by atoms with E-state index in [0.29, 0.717) is 18.0 Å². The number of hydrogen-bond acceptors (Lipinski definition) is 7. The average Bonchev–Trinajstić information content (AvgIpc) is 3.28. The molecule has 6 nitrogen and oxygen atoms in total. The minimum atomic E-state index is -0.451. The fourth-order valence-corrected chi connectivity index (χ4v) is 5.15. The van der Waals surface area contributed by atoms with Crippen molar-refractivity contribution in [3.05, 3.63) is 41.3 Å². The fraction of sp³-hybridized carbons (Fsp3) is 0.318. The first kappa shape index (κ1) is 19.1. The van der Waals surface area contributed by atoms with Gasteiger partial charge in [-0.1, -0.05) is 6.92 Å². The zero-order chi connectivity index (χ0) is 21.0. The van der Waals surface area contributed by atoms with Crippen molar-refractivity contribution in [2.45, 2.75) is 32.8 Å². The van der Waals surface area contributed by atoms with E-state index >= 15 is 0 Å². The highest BCUT2D eigenvalue weighted by atomic mass is 32.1. The molecule has 0 amide bonds. The highest BCUT2D eigenvalue weighted by molar-refractivity contribution is 7.22. The molecular weight excluding hydrogens is 405 g/mol. The maximum absolute atomic E-state index is 14.7. The summed E-state index contributed by atoms with van der Waals surface area (Å²) in [5, 5.41) is 10.3. The molecule has 1 aliphatic heterocycles. The zero-order valence-electron chi connectivity index (χ0n) is 16.8. The van der Waals surface area contributed by atoms with Crippen molar-refractivity contribution in [3.63, 3.8) is 0 Å². The van der Waals surface area contributed by atoms with Crippen molar-refractivity contribution in [3.8, 4) is 22.2 Å². The summed E-state index contributed by atoms with van der Waals surface area (Å²) in [4.78, 5) is 13.8. The first-order chi connectivity index (χ1) is 14.5.